The molecule has 0 aromatic carbocycles. The number of nitrogens with zero attached hydrogens (tertiary/aromatic N) is 2. The number of hydrogen-bond acceptors (Lipinski definition) is 4. The van der Waals surface area contributed by atoms with Crippen LogP contribution >= 0.6 is 0 Å². The number of nitrogens with one attached hydrogen (secondary N) is 1. The molecule has 1 heterocycles. The van der Waals surface area contributed by atoms with Crippen LogP contribution in [0.2, 0.25) is 0 Å². The molecule has 1 rings (SSSR count). The molecule has 0 radical (unpaired) electrons. The Hall–Kier alpha value is -1.07. The van der Waals surface area contributed by atoms with Crippen molar-refractivity contribution in [3.63, 3.8) is 0 Å². The number of aromatic nitrogens is 2. The van der Waals surface area contributed by atoms with Crippen molar-refractivity contribution in [3.8, 4) is 5.75 Å². The molecule has 0 fully saturated rings. The number of ether oxygens (including phenoxy) is 2. The molecule has 0 aliphatic rings. The minimum absolute atomic E-state index is 0.119. The number of rotatable bonds is 7. The second-order valence-electron chi connectivity index (χ2n) is 4.25. The summed E-state index contributed by atoms with van der Waals surface area (Å²) in [6.45, 7) is 8.39. The van der Waals surface area contributed by atoms with Crippen LogP contribution in [-0.4, -0.2) is 42.7 Å². The van der Waals surface area contributed by atoms with Crippen LogP contribution in [0.3, 0.4) is 0 Å². The van der Waals surface area contributed by atoms with Crippen LogP contribution in [-0.2, 0) is 11.8 Å². The lowest BCUT2D eigenvalue weighted by molar-refractivity contribution is 0.183. The van der Waals surface area contributed by atoms with Crippen LogP contribution in [0.15, 0.2) is 0 Å². The summed E-state index contributed by atoms with van der Waals surface area (Å²) in [6, 6.07) is 0. The number of aryl methyl sites for hydroxylation is 2. The van der Waals surface area contributed by atoms with Crippen molar-refractivity contribution in [3.05, 3.63) is 11.4 Å². The van der Waals surface area contributed by atoms with Crippen LogP contribution < -0.4 is 10.1 Å². The fourth-order valence-electron chi connectivity index (χ4n) is 1.65. The quantitative estimate of drug-likeness (QED) is 0.725. The van der Waals surface area contributed by atoms with Gasteiger partial charge in [0, 0.05) is 27.2 Å². The van der Waals surface area contributed by atoms with Crippen LogP contribution in [0, 0.1) is 13.8 Å². The standard InChI is InChI=1S/C12H23N3O2/c1-9(8-13-6-7-16-5)17-12-10(2)14-15(4)11(12)3/h9,13H,6-8H2,1-5H3. The molecule has 0 aliphatic heterocycles. The van der Waals surface area contributed by atoms with Gasteiger partial charge in [-0.3, -0.25) is 4.68 Å². The Morgan fingerprint density at radius 3 is 2.65 bits per heavy atom. The van der Waals surface area contributed by atoms with E-state index in [4.69, 9.17) is 9.47 Å². The molecule has 98 valence electrons. The normalized spacial score (nSPS) is 12.8. The van der Waals surface area contributed by atoms with Gasteiger partial charge in [-0.25, -0.2) is 0 Å². The van der Waals surface area contributed by atoms with Gasteiger partial charge in [-0.05, 0) is 20.8 Å². The van der Waals surface area contributed by atoms with Crippen LogP contribution in [0.25, 0.3) is 0 Å². The summed E-state index contributed by atoms with van der Waals surface area (Å²) in [6.07, 6.45) is 0.119. The third kappa shape index (κ3) is 4.02. The van der Waals surface area contributed by atoms with Crippen molar-refractivity contribution in [2.75, 3.05) is 26.8 Å². The fraction of sp³-hybridized carbons (Fsp3) is 0.750. The first kappa shape index (κ1) is 14.0. The van der Waals surface area contributed by atoms with E-state index in [1.165, 1.54) is 0 Å². The summed E-state index contributed by atoms with van der Waals surface area (Å²) in [5.74, 6) is 0.897. The van der Waals surface area contributed by atoms with Gasteiger partial charge in [0.2, 0.25) is 0 Å². The molecule has 0 bridgehead atoms. The number of hydrogen-bond donors (Lipinski definition) is 1. The van der Waals surface area contributed by atoms with Gasteiger partial charge in [0.25, 0.3) is 0 Å². The van der Waals surface area contributed by atoms with E-state index in [-0.39, 0.29) is 6.10 Å². The Balaban J connectivity index is 2.42. The van der Waals surface area contributed by atoms with E-state index in [1.54, 1.807) is 7.11 Å². The van der Waals surface area contributed by atoms with E-state index in [0.717, 1.165) is 36.8 Å². The van der Waals surface area contributed by atoms with E-state index in [2.05, 4.69) is 10.4 Å². The summed E-state index contributed by atoms with van der Waals surface area (Å²) >= 11 is 0. The Morgan fingerprint density at radius 1 is 1.41 bits per heavy atom. The lowest BCUT2D eigenvalue weighted by Gasteiger charge is -2.15. The molecular formula is C12H23N3O2. The molecule has 0 saturated heterocycles. The first-order chi connectivity index (χ1) is 8.06. The Kier molecular flexibility index (Phi) is 5.44. The lowest BCUT2D eigenvalue weighted by Crippen LogP contribution is -2.31. The third-order valence-electron chi connectivity index (χ3n) is 2.68. The third-order valence-corrected chi connectivity index (χ3v) is 2.68. The molecule has 0 spiro atoms. The molecule has 0 aliphatic carbocycles. The highest BCUT2D eigenvalue weighted by Crippen LogP contribution is 2.22. The van der Waals surface area contributed by atoms with Crippen molar-refractivity contribution in [2.24, 2.45) is 7.05 Å². The summed E-state index contributed by atoms with van der Waals surface area (Å²) < 4.78 is 12.7. The highest BCUT2D eigenvalue weighted by atomic mass is 16.5. The molecule has 17 heavy (non-hydrogen) atoms. The SMILES string of the molecule is COCCNCC(C)Oc1c(C)nn(C)c1C. The van der Waals surface area contributed by atoms with Gasteiger partial charge in [-0.1, -0.05) is 0 Å². The second kappa shape index (κ2) is 6.61. The Bertz CT molecular complexity index is 350. The highest BCUT2D eigenvalue weighted by molar-refractivity contribution is 5.31. The lowest BCUT2D eigenvalue weighted by atomic mass is 10.3. The van der Waals surface area contributed by atoms with Gasteiger partial charge in [0.1, 0.15) is 11.8 Å². The van der Waals surface area contributed by atoms with Gasteiger partial charge >= 0.3 is 0 Å². The molecular weight excluding hydrogens is 218 g/mol. The Morgan fingerprint density at radius 2 is 2.12 bits per heavy atom. The van der Waals surface area contributed by atoms with E-state index >= 15 is 0 Å². The minimum Gasteiger partial charge on any atom is -0.486 e. The van der Waals surface area contributed by atoms with Crippen LogP contribution in [0.1, 0.15) is 18.3 Å². The predicted octanol–water partition coefficient (Wildman–Crippen LogP) is 1.04. The molecule has 5 nitrogen and oxygen atoms in total. The molecule has 1 N–H and O–H groups in total. The molecule has 5 heteroatoms. The van der Waals surface area contributed by atoms with E-state index in [1.807, 2.05) is 32.5 Å². The maximum absolute atomic E-state index is 5.89. The minimum atomic E-state index is 0.119. The van der Waals surface area contributed by atoms with Gasteiger partial charge in [-0.2, -0.15) is 5.10 Å². The Labute approximate surface area is 103 Å². The molecule has 1 unspecified atom stereocenters. The van der Waals surface area contributed by atoms with Gasteiger partial charge in [0.15, 0.2) is 5.75 Å². The average Bonchev–Trinajstić information content (AvgIpc) is 2.52. The zero-order chi connectivity index (χ0) is 12.8. The summed E-state index contributed by atoms with van der Waals surface area (Å²) in [5.41, 5.74) is 2.00. The van der Waals surface area contributed by atoms with E-state index in [9.17, 15) is 0 Å². The van der Waals surface area contributed by atoms with Crippen molar-refractivity contribution in [1.29, 1.82) is 0 Å². The average molecular weight is 241 g/mol. The predicted molar refractivity (Wildman–Crippen MR) is 67.5 cm³/mol. The molecule has 1 atom stereocenters. The smallest absolute Gasteiger partial charge is 0.163 e. The zero-order valence-electron chi connectivity index (χ0n) is 11.4. The molecule has 0 amide bonds. The maximum atomic E-state index is 5.89. The maximum Gasteiger partial charge on any atom is 0.163 e. The second-order valence-corrected chi connectivity index (χ2v) is 4.25. The van der Waals surface area contributed by atoms with E-state index in [0.29, 0.717) is 0 Å². The first-order valence-electron chi connectivity index (χ1n) is 5.92. The summed E-state index contributed by atoms with van der Waals surface area (Å²) in [7, 11) is 3.63. The molecule has 1 aromatic heterocycles. The monoisotopic (exact) mass is 241 g/mol. The molecule has 0 saturated carbocycles. The van der Waals surface area contributed by atoms with Gasteiger partial charge in [0.05, 0.1) is 12.3 Å². The summed E-state index contributed by atoms with van der Waals surface area (Å²) in [5, 5.41) is 7.60. The van der Waals surface area contributed by atoms with Gasteiger partial charge < -0.3 is 14.8 Å². The first-order valence-corrected chi connectivity index (χ1v) is 5.92. The van der Waals surface area contributed by atoms with Crippen LogP contribution in [0.4, 0.5) is 0 Å². The van der Waals surface area contributed by atoms with Crippen molar-refractivity contribution >= 4 is 0 Å². The van der Waals surface area contributed by atoms with Gasteiger partial charge in [-0.15, -0.1) is 0 Å². The topological polar surface area (TPSA) is 48.3 Å². The zero-order valence-corrected chi connectivity index (χ0v) is 11.4. The number of methoxy groups -OCH3 is 1. The summed E-state index contributed by atoms with van der Waals surface area (Å²) in [4.78, 5) is 0. The van der Waals surface area contributed by atoms with E-state index < -0.39 is 0 Å². The molecule has 1 aromatic rings. The van der Waals surface area contributed by atoms with Crippen molar-refractivity contribution in [1.82, 2.24) is 15.1 Å². The fourth-order valence-corrected chi connectivity index (χ4v) is 1.65. The largest absolute Gasteiger partial charge is 0.486 e. The van der Waals surface area contributed by atoms with Crippen LogP contribution in [0.5, 0.6) is 5.75 Å². The van der Waals surface area contributed by atoms with Crippen molar-refractivity contribution in [2.45, 2.75) is 26.9 Å². The van der Waals surface area contributed by atoms with Crippen molar-refractivity contribution < 1.29 is 9.47 Å². The highest BCUT2D eigenvalue weighted by Gasteiger charge is 2.13.